The summed E-state index contributed by atoms with van der Waals surface area (Å²) in [6, 6.07) is 4.01. The number of ether oxygens (including phenoxy) is 1. The summed E-state index contributed by atoms with van der Waals surface area (Å²) in [6.07, 6.45) is 3.10. The van der Waals surface area contributed by atoms with Crippen molar-refractivity contribution in [2.24, 2.45) is 0 Å². The molecule has 1 aromatic carbocycles. The molecule has 1 aromatic rings. The Morgan fingerprint density at radius 2 is 2.12 bits per heavy atom. The molecule has 16 heavy (non-hydrogen) atoms. The molecule has 0 aliphatic rings. The van der Waals surface area contributed by atoms with Crippen molar-refractivity contribution >= 4 is 5.78 Å². The monoisotopic (exact) mass is 224 g/mol. The van der Waals surface area contributed by atoms with Crippen LogP contribution in [0.2, 0.25) is 0 Å². The smallest absolute Gasteiger partial charge is 0.163 e. The maximum absolute atomic E-state index is 13.0. The summed E-state index contributed by atoms with van der Waals surface area (Å²) < 4.78 is 18.4. The summed E-state index contributed by atoms with van der Waals surface area (Å²) in [5, 5.41) is 0. The lowest BCUT2D eigenvalue weighted by Gasteiger charge is -2.09. The number of benzene rings is 1. The first-order valence-corrected chi connectivity index (χ1v) is 5.58. The highest BCUT2D eigenvalue weighted by atomic mass is 19.1. The molecule has 0 spiro atoms. The van der Waals surface area contributed by atoms with Crippen LogP contribution in [0.1, 0.15) is 43.5 Å². The van der Waals surface area contributed by atoms with E-state index in [1.165, 1.54) is 25.1 Å². The number of carbonyl (C=O) groups excluding carboxylic acids is 1. The highest BCUT2D eigenvalue weighted by Crippen LogP contribution is 2.20. The molecule has 0 unspecified atom stereocenters. The lowest BCUT2D eigenvalue weighted by Crippen LogP contribution is -2.03. The first-order valence-electron chi connectivity index (χ1n) is 5.58. The third-order valence-corrected chi connectivity index (χ3v) is 2.33. The minimum Gasteiger partial charge on any atom is -0.493 e. The fourth-order valence-corrected chi connectivity index (χ4v) is 1.44. The van der Waals surface area contributed by atoms with E-state index in [4.69, 9.17) is 4.74 Å². The van der Waals surface area contributed by atoms with E-state index in [2.05, 4.69) is 6.92 Å². The van der Waals surface area contributed by atoms with Gasteiger partial charge in [-0.1, -0.05) is 19.8 Å². The van der Waals surface area contributed by atoms with Gasteiger partial charge in [0.2, 0.25) is 0 Å². The average molecular weight is 224 g/mol. The number of Topliss-reactive ketones (excluding diaryl/α,β-unsaturated/α-hetero) is 1. The van der Waals surface area contributed by atoms with Crippen LogP contribution in [-0.4, -0.2) is 12.4 Å². The zero-order valence-corrected chi connectivity index (χ0v) is 9.75. The van der Waals surface area contributed by atoms with Crippen molar-refractivity contribution in [1.82, 2.24) is 0 Å². The molecule has 0 N–H and O–H groups in total. The molecule has 0 fully saturated rings. The first-order chi connectivity index (χ1) is 7.65. The third kappa shape index (κ3) is 3.65. The molecule has 88 valence electrons. The standard InChI is InChI=1S/C13H17FO2/c1-3-4-5-8-16-13-9-11(14)6-7-12(13)10(2)15/h6-7,9H,3-5,8H2,1-2H3. The molecule has 1 rings (SSSR count). The van der Waals surface area contributed by atoms with Gasteiger partial charge in [-0.05, 0) is 25.5 Å². The molecule has 0 aliphatic heterocycles. The van der Waals surface area contributed by atoms with Crippen LogP contribution in [0.5, 0.6) is 5.75 Å². The normalized spacial score (nSPS) is 10.2. The number of ketones is 1. The van der Waals surface area contributed by atoms with E-state index in [-0.39, 0.29) is 11.6 Å². The molecule has 0 bridgehead atoms. The Morgan fingerprint density at radius 3 is 2.75 bits per heavy atom. The second-order valence-electron chi connectivity index (χ2n) is 3.75. The fraction of sp³-hybridized carbons (Fsp3) is 0.462. The molecule has 0 saturated carbocycles. The SMILES string of the molecule is CCCCCOc1cc(F)ccc1C(C)=O. The lowest BCUT2D eigenvalue weighted by molar-refractivity contribution is 0.101. The van der Waals surface area contributed by atoms with E-state index in [1.54, 1.807) is 0 Å². The Bertz CT molecular complexity index is 361. The predicted octanol–water partition coefficient (Wildman–Crippen LogP) is 3.60. The number of rotatable bonds is 6. The highest BCUT2D eigenvalue weighted by Gasteiger charge is 2.09. The van der Waals surface area contributed by atoms with E-state index in [0.29, 0.717) is 17.9 Å². The summed E-state index contributed by atoms with van der Waals surface area (Å²) in [7, 11) is 0. The zero-order valence-electron chi connectivity index (χ0n) is 9.75. The topological polar surface area (TPSA) is 26.3 Å². The van der Waals surface area contributed by atoms with E-state index >= 15 is 0 Å². The fourth-order valence-electron chi connectivity index (χ4n) is 1.44. The molecule has 0 saturated heterocycles. The summed E-state index contributed by atoms with van der Waals surface area (Å²) >= 11 is 0. The van der Waals surface area contributed by atoms with Gasteiger partial charge in [0.05, 0.1) is 12.2 Å². The molecule has 0 atom stereocenters. The molecule has 0 radical (unpaired) electrons. The van der Waals surface area contributed by atoms with E-state index in [0.717, 1.165) is 19.3 Å². The quantitative estimate of drug-likeness (QED) is 0.545. The molecule has 0 aliphatic carbocycles. The maximum Gasteiger partial charge on any atom is 0.163 e. The number of carbonyl (C=O) groups is 1. The molecule has 0 aromatic heterocycles. The maximum atomic E-state index is 13.0. The van der Waals surface area contributed by atoms with Crippen molar-refractivity contribution in [1.29, 1.82) is 0 Å². The predicted molar refractivity (Wildman–Crippen MR) is 61.4 cm³/mol. The van der Waals surface area contributed by atoms with Crippen molar-refractivity contribution < 1.29 is 13.9 Å². The Hall–Kier alpha value is -1.38. The van der Waals surface area contributed by atoms with E-state index in [9.17, 15) is 9.18 Å². The van der Waals surface area contributed by atoms with Crippen molar-refractivity contribution in [3.8, 4) is 5.75 Å². The van der Waals surface area contributed by atoms with Gasteiger partial charge >= 0.3 is 0 Å². The Balaban J connectivity index is 2.68. The van der Waals surface area contributed by atoms with Crippen LogP contribution in [0.3, 0.4) is 0 Å². The van der Waals surface area contributed by atoms with Crippen LogP contribution in [0, 0.1) is 5.82 Å². The number of hydrogen-bond acceptors (Lipinski definition) is 2. The number of hydrogen-bond donors (Lipinski definition) is 0. The van der Waals surface area contributed by atoms with Crippen molar-refractivity contribution in [3.63, 3.8) is 0 Å². The zero-order chi connectivity index (χ0) is 12.0. The van der Waals surface area contributed by atoms with Crippen LogP contribution in [0.15, 0.2) is 18.2 Å². The van der Waals surface area contributed by atoms with Crippen LogP contribution >= 0.6 is 0 Å². The van der Waals surface area contributed by atoms with Gasteiger partial charge in [-0.25, -0.2) is 4.39 Å². The van der Waals surface area contributed by atoms with E-state index in [1.807, 2.05) is 0 Å². The Labute approximate surface area is 95.4 Å². The van der Waals surface area contributed by atoms with Crippen molar-refractivity contribution in [2.45, 2.75) is 33.1 Å². The molecule has 2 nitrogen and oxygen atoms in total. The number of halogens is 1. The largest absolute Gasteiger partial charge is 0.493 e. The van der Waals surface area contributed by atoms with Gasteiger partial charge in [0.1, 0.15) is 11.6 Å². The second-order valence-corrected chi connectivity index (χ2v) is 3.75. The van der Waals surface area contributed by atoms with E-state index < -0.39 is 0 Å². The van der Waals surface area contributed by atoms with Crippen molar-refractivity contribution in [3.05, 3.63) is 29.6 Å². The summed E-state index contributed by atoms with van der Waals surface area (Å²) in [6.45, 7) is 4.08. The first kappa shape index (κ1) is 12.7. The molecular formula is C13H17FO2. The minimum atomic E-state index is -0.379. The van der Waals surface area contributed by atoms with Crippen molar-refractivity contribution in [2.75, 3.05) is 6.61 Å². The molecule has 3 heteroatoms. The molecule has 0 heterocycles. The summed E-state index contributed by atoms with van der Waals surface area (Å²) in [5.41, 5.74) is 0.442. The summed E-state index contributed by atoms with van der Waals surface area (Å²) in [5.74, 6) is -0.135. The molecule has 0 amide bonds. The van der Waals surface area contributed by atoms with Gasteiger partial charge < -0.3 is 4.74 Å². The van der Waals surface area contributed by atoms with Gasteiger partial charge in [-0.15, -0.1) is 0 Å². The summed E-state index contributed by atoms with van der Waals surface area (Å²) in [4.78, 5) is 11.3. The van der Waals surface area contributed by atoms with Gasteiger partial charge in [0.25, 0.3) is 0 Å². The minimum absolute atomic E-state index is 0.106. The van der Waals surface area contributed by atoms with Gasteiger partial charge in [-0.2, -0.15) is 0 Å². The van der Waals surface area contributed by atoms with Crippen LogP contribution in [-0.2, 0) is 0 Å². The van der Waals surface area contributed by atoms with Crippen LogP contribution < -0.4 is 4.74 Å². The third-order valence-electron chi connectivity index (χ3n) is 2.33. The molecular weight excluding hydrogens is 207 g/mol. The second kappa shape index (κ2) is 6.26. The van der Waals surface area contributed by atoms with Gasteiger partial charge in [0, 0.05) is 6.07 Å². The average Bonchev–Trinajstić information content (AvgIpc) is 2.24. The van der Waals surface area contributed by atoms with Gasteiger partial charge in [-0.3, -0.25) is 4.79 Å². The highest BCUT2D eigenvalue weighted by molar-refractivity contribution is 5.96. The van der Waals surface area contributed by atoms with Gasteiger partial charge in [0.15, 0.2) is 5.78 Å². The van der Waals surface area contributed by atoms with Crippen LogP contribution in [0.25, 0.3) is 0 Å². The Morgan fingerprint density at radius 1 is 1.38 bits per heavy atom. The number of unbranched alkanes of at least 4 members (excludes halogenated alkanes) is 2. The lowest BCUT2D eigenvalue weighted by atomic mass is 10.1. The van der Waals surface area contributed by atoms with Crippen LogP contribution in [0.4, 0.5) is 4.39 Å². The Kier molecular flexibility index (Phi) is 4.96.